The molecule has 0 spiro atoms. The highest BCUT2D eigenvalue weighted by Crippen LogP contribution is 2.22. The molecule has 0 bridgehead atoms. The van der Waals surface area contributed by atoms with Crippen molar-refractivity contribution in [2.75, 3.05) is 20.3 Å². The summed E-state index contributed by atoms with van der Waals surface area (Å²) in [6, 6.07) is 14.8. The van der Waals surface area contributed by atoms with Gasteiger partial charge in [0.25, 0.3) is 0 Å². The highest BCUT2D eigenvalue weighted by molar-refractivity contribution is 6.30. The number of carbonyl (C=O) groups excluding carboxylic acids is 1. The lowest BCUT2D eigenvalue weighted by Crippen LogP contribution is -2.09. The summed E-state index contributed by atoms with van der Waals surface area (Å²) in [7, 11) is 1.56. The van der Waals surface area contributed by atoms with Gasteiger partial charge in [-0.15, -0.1) is 0 Å². The first-order valence-corrected chi connectivity index (χ1v) is 6.60. The SMILES string of the molecule is COCCOC(=O)c1ccc(-c2ccc(Cl)cc2)cc1. The minimum absolute atomic E-state index is 0.258. The van der Waals surface area contributed by atoms with Gasteiger partial charge in [-0.3, -0.25) is 0 Å². The van der Waals surface area contributed by atoms with Gasteiger partial charge in [0.05, 0.1) is 12.2 Å². The van der Waals surface area contributed by atoms with Crippen molar-refractivity contribution in [1.29, 1.82) is 0 Å². The van der Waals surface area contributed by atoms with Crippen molar-refractivity contribution in [3.05, 3.63) is 59.1 Å². The number of hydrogen-bond acceptors (Lipinski definition) is 3. The zero-order chi connectivity index (χ0) is 14.4. The van der Waals surface area contributed by atoms with Crippen molar-refractivity contribution in [2.24, 2.45) is 0 Å². The monoisotopic (exact) mass is 290 g/mol. The van der Waals surface area contributed by atoms with E-state index in [9.17, 15) is 4.79 Å². The van der Waals surface area contributed by atoms with E-state index in [1.54, 1.807) is 19.2 Å². The van der Waals surface area contributed by atoms with Crippen molar-refractivity contribution in [1.82, 2.24) is 0 Å². The summed E-state index contributed by atoms with van der Waals surface area (Å²) in [6.07, 6.45) is 0. The normalized spacial score (nSPS) is 10.3. The Morgan fingerprint density at radius 2 is 1.50 bits per heavy atom. The quantitative estimate of drug-likeness (QED) is 0.620. The first-order valence-electron chi connectivity index (χ1n) is 6.23. The maximum absolute atomic E-state index is 11.7. The fourth-order valence-corrected chi connectivity index (χ4v) is 1.87. The van der Waals surface area contributed by atoms with Crippen LogP contribution in [0.4, 0.5) is 0 Å². The molecule has 0 radical (unpaired) electrons. The topological polar surface area (TPSA) is 35.5 Å². The maximum atomic E-state index is 11.7. The molecule has 0 saturated heterocycles. The molecule has 0 heterocycles. The van der Waals surface area contributed by atoms with Crippen LogP contribution in [-0.2, 0) is 9.47 Å². The number of benzene rings is 2. The molecule has 2 rings (SSSR count). The summed E-state index contributed by atoms with van der Waals surface area (Å²) >= 11 is 5.85. The maximum Gasteiger partial charge on any atom is 0.338 e. The molecule has 0 aliphatic heterocycles. The third-order valence-corrected chi connectivity index (χ3v) is 3.07. The van der Waals surface area contributed by atoms with Gasteiger partial charge in [-0.25, -0.2) is 4.79 Å². The molecule has 3 nitrogen and oxygen atoms in total. The van der Waals surface area contributed by atoms with Gasteiger partial charge in [0.15, 0.2) is 0 Å². The number of ether oxygens (including phenoxy) is 2. The minimum atomic E-state index is -0.343. The number of methoxy groups -OCH3 is 1. The summed E-state index contributed by atoms with van der Waals surface area (Å²) in [5.74, 6) is -0.343. The molecule has 0 aromatic heterocycles. The summed E-state index contributed by atoms with van der Waals surface area (Å²) in [4.78, 5) is 11.7. The Kier molecular flexibility index (Phi) is 5.16. The van der Waals surface area contributed by atoms with E-state index >= 15 is 0 Å². The highest BCUT2D eigenvalue weighted by atomic mass is 35.5. The van der Waals surface area contributed by atoms with Crippen molar-refractivity contribution < 1.29 is 14.3 Å². The predicted molar refractivity (Wildman–Crippen MR) is 79.0 cm³/mol. The predicted octanol–water partition coefficient (Wildman–Crippen LogP) is 3.81. The zero-order valence-corrected chi connectivity index (χ0v) is 11.9. The van der Waals surface area contributed by atoms with Crippen molar-refractivity contribution in [3.63, 3.8) is 0 Å². The molecule has 104 valence electrons. The van der Waals surface area contributed by atoms with Crippen LogP contribution < -0.4 is 0 Å². The molecule has 2 aromatic carbocycles. The molecule has 0 N–H and O–H groups in total. The van der Waals surface area contributed by atoms with Gasteiger partial charge in [0.1, 0.15) is 6.61 Å². The molecule has 0 aliphatic carbocycles. The number of halogens is 1. The third kappa shape index (κ3) is 3.83. The fraction of sp³-hybridized carbons (Fsp3) is 0.188. The fourth-order valence-electron chi connectivity index (χ4n) is 1.74. The molecule has 0 aliphatic rings. The first-order chi connectivity index (χ1) is 9.70. The van der Waals surface area contributed by atoms with E-state index in [-0.39, 0.29) is 12.6 Å². The Morgan fingerprint density at radius 3 is 2.05 bits per heavy atom. The first kappa shape index (κ1) is 14.6. The van der Waals surface area contributed by atoms with Crippen molar-refractivity contribution in [2.45, 2.75) is 0 Å². The van der Waals surface area contributed by atoms with Gasteiger partial charge in [-0.1, -0.05) is 35.9 Å². The standard InChI is InChI=1S/C16H15ClO3/c1-19-10-11-20-16(18)14-4-2-12(3-5-14)13-6-8-15(17)9-7-13/h2-9H,10-11H2,1H3. The molecule has 0 saturated carbocycles. The van der Waals surface area contributed by atoms with Gasteiger partial charge >= 0.3 is 5.97 Å². The number of rotatable bonds is 5. The average molecular weight is 291 g/mol. The second-order valence-corrected chi connectivity index (χ2v) is 4.65. The minimum Gasteiger partial charge on any atom is -0.460 e. The lowest BCUT2D eigenvalue weighted by Gasteiger charge is -2.06. The lowest BCUT2D eigenvalue weighted by molar-refractivity contribution is 0.0388. The van der Waals surface area contributed by atoms with E-state index in [1.165, 1.54) is 0 Å². The van der Waals surface area contributed by atoms with Crippen LogP contribution in [-0.4, -0.2) is 26.3 Å². The summed E-state index contributed by atoms with van der Waals surface area (Å²) in [5.41, 5.74) is 2.60. The van der Waals surface area contributed by atoms with Crippen molar-refractivity contribution in [3.8, 4) is 11.1 Å². The van der Waals surface area contributed by atoms with Gasteiger partial charge in [0, 0.05) is 12.1 Å². The van der Waals surface area contributed by atoms with Crippen LogP contribution in [0.5, 0.6) is 0 Å². The van der Waals surface area contributed by atoms with E-state index in [0.717, 1.165) is 11.1 Å². The molecular formula is C16H15ClO3. The number of hydrogen-bond donors (Lipinski definition) is 0. The van der Waals surface area contributed by atoms with Crippen LogP contribution in [0.2, 0.25) is 5.02 Å². The highest BCUT2D eigenvalue weighted by Gasteiger charge is 2.07. The summed E-state index contributed by atoms with van der Waals surface area (Å²) in [6.45, 7) is 0.656. The van der Waals surface area contributed by atoms with Crippen LogP contribution in [0.15, 0.2) is 48.5 Å². The van der Waals surface area contributed by atoms with Crippen molar-refractivity contribution >= 4 is 17.6 Å². The average Bonchev–Trinajstić information content (AvgIpc) is 2.48. The van der Waals surface area contributed by atoms with E-state index in [0.29, 0.717) is 17.2 Å². The van der Waals surface area contributed by atoms with Crippen LogP contribution in [0.25, 0.3) is 11.1 Å². The largest absolute Gasteiger partial charge is 0.460 e. The molecule has 0 atom stereocenters. The van der Waals surface area contributed by atoms with Crippen LogP contribution >= 0.6 is 11.6 Å². The van der Waals surface area contributed by atoms with Gasteiger partial charge in [-0.05, 0) is 35.4 Å². The Morgan fingerprint density at radius 1 is 0.950 bits per heavy atom. The van der Waals surface area contributed by atoms with Crippen LogP contribution in [0.3, 0.4) is 0 Å². The molecule has 0 unspecified atom stereocenters. The van der Waals surface area contributed by atoms with E-state index in [4.69, 9.17) is 21.1 Å². The second kappa shape index (κ2) is 7.08. The van der Waals surface area contributed by atoms with Gasteiger partial charge in [-0.2, -0.15) is 0 Å². The van der Waals surface area contributed by atoms with Crippen LogP contribution in [0, 0.1) is 0 Å². The molecule has 20 heavy (non-hydrogen) atoms. The lowest BCUT2D eigenvalue weighted by atomic mass is 10.0. The Labute approximate surface area is 123 Å². The molecule has 2 aromatic rings. The smallest absolute Gasteiger partial charge is 0.338 e. The number of carbonyl (C=O) groups is 1. The molecule has 0 fully saturated rings. The van der Waals surface area contributed by atoms with E-state index in [2.05, 4.69) is 0 Å². The van der Waals surface area contributed by atoms with Gasteiger partial charge in [0.2, 0.25) is 0 Å². The Bertz CT molecular complexity index is 561. The zero-order valence-electron chi connectivity index (χ0n) is 11.1. The van der Waals surface area contributed by atoms with Gasteiger partial charge < -0.3 is 9.47 Å². The van der Waals surface area contributed by atoms with E-state index in [1.807, 2.05) is 36.4 Å². The van der Waals surface area contributed by atoms with E-state index < -0.39 is 0 Å². The summed E-state index contributed by atoms with van der Waals surface area (Å²) < 4.78 is 9.88. The number of esters is 1. The third-order valence-electron chi connectivity index (χ3n) is 2.82. The van der Waals surface area contributed by atoms with Crippen LogP contribution in [0.1, 0.15) is 10.4 Å². The summed E-state index contributed by atoms with van der Waals surface area (Å²) in [5, 5.41) is 0.701. The second-order valence-electron chi connectivity index (χ2n) is 4.21. The molecule has 0 amide bonds. The Hall–Kier alpha value is -1.84. The Balaban J connectivity index is 2.06. The molecule has 4 heteroatoms. The molecular weight excluding hydrogens is 276 g/mol.